The number of benzene rings is 1. The summed E-state index contributed by atoms with van der Waals surface area (Å²) in [5.74, 6) is 4.34. The van der Waals surface area contributed by atoms with Crippen molar-refractivity contribution in [1.82, 2.24) is 0 Å². The van der Waals surface area contributed by atoms with Crippen LogP contribution >= 0.6 is 0 Å². The highest BCUT2D eigenvalue weighted by molar-refractivity contribution is 5.89. The fourth-order valence-electron chi connectivity index (χ4n) is 5.43. The third kappa shape index (κ3) is 1.88. The van der Waals surface area contributed by atoms with Gasteiger partial charge in [0.2, 0.25) is 0 Å². The largest absolute Gasteiger partial charge is 0.465 e. The van der Waals surface area contributed by atoms with Crippen LogP contribution in [-0.4, -0.2) is 13.1 Å². The van der Waals surface area contributed by atoms with E-state index in [4.69, 9.17) is 4.74 Å². The number of esters is 1. The Hall–Kier alpha value is -1.31. The SMILES string of the molecule is COC(=O)c1ccc(C2C3CC4CC(C3)CC2C4)cc1. The zero-order chi connectivity index (χ0) is 13.7. The molecule has 0 amide bonds. The van der Waals surface area contributed by atoms with Gasteiger partial charge < -0.3 is 4.74 Å². The zero-order valence-corrected chi connectivity index (χ0v) is 12.0. The Morgan fingerprint density at radius 2 is 1.50 bits per heavy atom. The molecule has 4 aliphatic carbocycles. The lowest BCUT2D eigenvalue weighted by Gasteiger charge is -2.54. The fourth-order valence-corrected chi connectivity index (χ4v) is 5.43. The van der Waals surface area contributed by atoms with Gasteiger partial charge in [-0.15, -0.1) is 0 Å². The monoisotopic (exact) mass is 270 g/mol. The van der Waals surface area contributed by atoms with Crippen molar-refractivity contribution in [3.8, 4) is 0 Å². The van der Waals surface area contributed by atoms with Crippen LogP contribution in [0.1, 0.15) is 53.9 Å². The third-order valence-electron chi connectivity index (χ3n) is 5.94. The number of methoxy groups -OCH3 is 1. The highest BCUT2D eigenvalue weighted by atomic mass is 16.5. The van der Waals surface area contributed by atoms with Gasteiger partial charge in [0.05, 0.1) is 12.7 Å². The van der Waals surface area contributed by atoms with Crippen LogP contribution in [0.3, 0.4) is 0 Å². The van der Waals surface area contributed by atoms with Crippen LogP contribution in [0, 0.1) is 23.7 Å². The first-order valence-corrected chi connectivity index (χ1v) is 7.93. The van der Waals surface area contributed by atoms with E-state index in [2.05, 4.69) is 12.1 Å². The molecule has 4 aliphatic rings. The fraction of sp³-hybridized carbons (Fsp3) is 0.611. The van der Waals surface area contributed by atoms with Gasteiger partial charge in [0.15, 0.2) is 0 Å². The molecule has 2 heteroatoms. The smallest absolute Gasteiger partial charge is 0.337 e. The van der Waals surface area contributed by atoms with E-state index in [0.29, 0.717) is 5.56 Å². The van der Waals surface area contributed by atoms with Gasteiger partial charge >= 0.3 is 5.97 Å². The first-order chi connectivity index (χ1) is 9.74. The number of hydrogen-bond donors (Lipinski definition) is 0. The molecule has 106 valence electrons. The molecular formula is C18H22O2. The maximum Gasteiger partial charge on any atom is 0.337 e. The van der Waals surface area contributed by atoms with Crippen LogP contribution < -0.4 is 0 Å². The lowest BCUT2D eigenvalue weighted by Crippen LogP contribution is -2.43. The molecule has 2 nitrogen and oxygen atoms in total. The molecule has 4 bridgehead atoms. The summed E-state index contributed by atoms with van der Waals surface area (Å²) in [6.45, 7) is 0. The molecule has 0 N–H and O–H groups in total. The van der Waals surface area contributed by atoms with E-state index >= 15 is 0 Å². The summed E-state index contributed by atoms with van der Waals surface area (Å²) in [6, 6.07) is 8.21. The maximum absolute atomic E-state index is 11.5. The van der Waals surface area contributed by atoms with Gasteiger partial charge in [0.1, 0.15) is 0 Å². The molecule has 4 fully saturated rings. The van der Waals surface area contributed by atoms with Crippen molar-refractivity contribution in [2.75, 3.05) is 7.11 Å². The number of carbonyl (C=O) groups excluding carboxylic acids is 1. The van der Waals surface area contributed by atoms with Crippen molar-refractivity contribution in [3.63, 3.8) is 0 Å². The predicted molar refractivity (Wildman–Crippen MR) is 77.6 cm³/mol. The first kappa shape index (κ1) is 12.4. The Labute approximate surface area is 120 Å². The number of rotatable bonds is 2. The Morgan fingerprint density at radius 3 is 2.00 bits per heavy atom. The lowest BCUT2D eigenvalue weighted by atomic mass is 9.51. The summed E-state index contributed by atoms with van der Waals surface area (Å²) in [4.78, 5) is 11.5. The van der Waals surface area contributed by atoms with E-state index in [0.717, 1.165) is 29.6 Å². The van der Waals surface area contributed by atoms with E-state index in [1.807, 2.05) is 12.1 Å². The second-order valence-electron chi connectivity index (χ2n) is 7.07. The molecule has 4 saturated carbocycles. The minimum absolute atomic E-state index is 0.235. The molecule has 0 saturated heterocycles. The van der Waals surface area contributed by atoms with Crippen LogP contribution in [0.2, 0.25) is 0 Å². The molecule has 0 spiro atoms. The zero-order valence-electron chi connectivity index (χ0n) is 12.0. The Kier molecular flexibility index (Phi) is 2.87. The van der Waals surface area contributed by atoms with Gasteiger partial charge in [0, 0.05) is 0 Å². The van der Waals surface area contributed by atoms with Crippen LogP contribution in [0.15, 0.2) is 24.3 Å². The van der Waals surface area contributed by atoms with Crippen molar-refractivity contribution in [1.29, 1.82) is 0 Å². The molecule has 0 aromatic heterocycles. The second-order valence-corrected chi connectivity index (χ2v) is 7.07. The van der Waals surface area contributed by atoms with E-state index < -0.39 is 0 Å². The van der Waals surface area contributed by atoms with E-state index in [1.54, 1.807) is 0 Å². The number of hydrogen-bond acceptors (Lipinski definition) is 2. The van der Waals surface area contributed by atoms with Crippen molar-refractivity contribution in [3.05, 3.63) is 35.4 Å². The summed E-state index contributed by atoms with van der Waals surface area (Å²) in [7, 11) is 1.44. The van der Waals surface area contributed by atoms with Crippen molar-refractivity contribution >= 4 is 5.97 Å². The summed E-state index contributed by atoms with van der Waals surface area (Å²) < 4.78 is 4.78. The van der Waals surface area contributed by atoms with E-state index in [9.17, 15) is 4.79 Å². The molecular weight excluding hydrogens is 248 g/mol. The Morgan fingerprint density at radius 1 is 0.950 bits per heavy atom. The molecule has 1 aromatic rings. The van der Waals surface area contributed by atoms with Gasteiger partial charge in [-0.3, -0.25) is 0 Å². The standard InChI is InChI=1S/C18H22O2/c1-20-18(19)14-4-2-13(3-5-14)17-15-7-11-6-12(9-15)10-16(17)8-11/h2-5,11-12,15-17H,6-10H2,1H3. The molecule has 20 heavy (non-hydrogen) atoms. The highest BCUT2D eigenvalue weighted by Crippen LogP contribution is 2.59. The quantitative estimate of drug-likeness (QED) is 0.759. The van der Waals surface area contributed by atoms with Gasteiger partial charge in [-0.25, -0.2) is 4.79 Å². The summed E-state index contributed by atoms with van der Waals surface area (Å²) in [6.07, 6.45) is 7.26. The normalized spacial score (nSPS) is 38.0. The van der Waals surface area contributed by atoms with E-state index in [-0.39, 0.29) is 5.97 Å². The van der Waals surface area contributed by atoms with Crippen LogP contribution in [0.5, 0.6) is 0 Å². The molecule has 0 unspecified atom stereocenters. The highest BCUT2D eigenvalue weighted by Gasteiger charge is 2.48. The Bertz CT molecular complexity index is 489. The maximum atomic E-state index is 11.5. The van der Waals surface area contributed by atoms with Gasteiger partial charge in [-0.2, -0.15) is 0 Å². The van der Waals surface area contributed by atoms with E-state index in [1.165, 1.54) is 44.8 Å². The predicted octanol–water partition coefficient (Wildman–Crippen LogP) is 4.01. The van der Waals surface area contributed by atoms with Crippen molar-refractivity contribution in [2.45, 2.75) is 38.0 Å². The van der Waals surface area contributed by atoms with Gasteiger partial charge in [-0.05, 0) is 79.4 Å². The average Bonchev–Trinajstić information content (AvgIpc) is 2.46. The molecule has 0 aliphatic heterocycles. The number of carbonyl (C=O) groups is 1. The van der Waals surface area contributed by atoms with Crippen molar-refractivity contribution < 1.29 is 9.53 Å². The molecule has 1 aromatic carbocycles. The molecule has 5 rings (SSSR count). The Balaban J connectivity index is 1.60. The average molecular weight is 270 g/mol. The molecule has 0 radical (unpaired) electrons. The summed E-state index contributed by atoms with van der Waals surface area (Å²) in [5, 5.41) is 0. The minimum Gasteiger partial charge on any atom is -0.465 e. The van der Waals surface area contributed by atoms with Crippen molar-refractivity contribution in [2.24, 2.45) is 23.7 Å². The van der Waals surface area contributed by atoms with Crippen LogP contribution in [0.4, 0.5) is 0 Å². The van der Waals surface area contributed by atoms with Gasteiger partial charge in [0.25, 0.3) is 0 Å². The lowest BCUT2D eigenvalue weighted by molar-refractivity contribution is -0.00278. The first-order valence-electron chi connectivity index (χ1n) is 7.93. The van der Waals surface area contributed by atoms with Crippen LogP contribution in [-0.2, 0) is 4.74 Å². The second kappa shape index (κ2) is 4.61. The van der Waals surface area contributed by atoms with Gasteiger partial charge in [-0.1, -0.05) is 12.1 Å². The third-order valence-corrected chi connectivity index (χ3v) is 5.94. The van der Waals surface area contributed by atoms with Crippen LogP contribution in [0.25, 0.3) is 0 Å². The number of ether oxygens (including phenoxy) is 1. The topological polar surface area (TPSA) is 26.3 Å². The molecule has 0 atom stereocenters. The minimum atomic E-state index is -0.235. The summed E-state index contributed by atoms with van der Waals surface area (Å²) >= 11 is 0. The summed E-state index contributed by atoms with van der Waals surface area (Å²) in [5.41, 5.74) is 2.12. The molecule has 0 heterocycles.